The predicted octanol–water partition coefficient (Wildman–Crippen LogP) is -2.62. The van der Waals surface area contributed by atoms with Gasteiger partial charge in [-0.2, -0.15) is 0 Å². The van der Waals surface area contributed by atoms with E-state index >= 15 is 0 Å². The number of ether oxygens (including phenoxy) is 1. The van der Waals surface area contributed by atoms with Crippen LogP contribution in [0.15, 0.2) is 15.8 Å². The molecule has 9 heteroatoms. The summed E-state index contributed by atoms with van der Waals surface area (Å²) in [5.74, 6) is 0. The summed E-state index contributed by atoms with van der Waals surface area (Å²) in [7, 11) is 0. The summed E-state index contributed by atoms with van der Waals surface area (Å²) in [5.41, 5.74) is -1.39. The van der Waals surface area contributed by atoms with Crippen LogP contribution in [-0.4, -0.2) is 50.2 Å². The van der Waals surface area contributed by atoms with Gasteiger partial charge >= 0.3 is 5.69 Å². The fraction of sp³-hybridized carbons (Fsp3) is 0.556. The number of H-pyrrole nitrogens is 2. The van der Waals surface area contributed by atoms with Gasteiger partial charge in [0.15, 0.2) is 0 Å². The van der Waals surface area contributed by atoms with Crippen molar-refractivity contribution in [3.63, 3.8) is 0 Å². The first-order valence-corrected chi connectivity index (χ1v) is 4.99. The van der Waals surface area contributed by atoms with E-state index in [9.17, 15) is 19.8 Å². The van der Waals surface area contributed by atoms with Gasteiger partial charge in [0.05, 0.1) is 12.2 Å². The van der Waals surface area contributed by atoms with Crippen LogP contribution >= 0.6 is 0 Å². The van der Waals surface area contributed by atoms with Gasteiger partial charge in [0.1, 0.15) is 24.4 Å². The standard InChI is InChI=1S/C9H12N2O6.H3N/c12-2-4-5(13)6(14)7(17-4)3-1-10-9(16)11-8(3)15;/h1,4-7,12-14H,2H2,(H2,10,11,15,16);1H3/t4-,5-,6-,7+;/m1./s1. The van der Waals surface area contributed by atoms with Gasteiger partial charge in [-0.3, -0.25) is 9.78 Å². The van der Waals surface area contributed by atoms with Crippen LogP contribution in [0, 0.1) is 0 Å². The molecule has 0 spiro atoms. The Kier molecular flexibility index (Phi) is 4.38. The zero-order chi connectivity index (χ0) is 12.6. The zero-order valence-electron chi connectivity index (χ0n) is 9.37. The van der Waals surface area contributed by atoms with Crippen LogP contribution in [-0.2, 0) is 4.74 Å². The van der Waals surface area contributed by atoms with Crippen molar-refractivity contribution in [2.24, 2.45) is 0 Å². The summed E-state index contributed by atoms with van der Waals surface area (Å²) >= 11 is 0. The summed E-state index contributed by atoms with van der Waals surface area (Å²) < 4.78 is 5.15. The lowest BCUT2D eigenvalue weighted by atomic mass is 10.0. The van der Waals surface area contributed by atoms with Crippen LogP contribution in [0.4, 0.5) is 0 Å². The highest BCUT2D eigenvalue weighted by Gasteiger charge is 2.44. The number of aromatic nitrogens is 2. The van der Waals surface area contributed by atoms with Crippen LogP contribution in [0.25, 0.3) is 0 Å². The first-order chi connectivity index (χ1) is 8.04. The Balaban J connectivity index is 0.00000162. The van der Waals surface area contributed by atoms with Gasteiger partial charge in [0.2, 0.25) is 0 Å². The van der Waals surface area contributed by atoms with Gasteiger partial charge in [-0.15, -0.1) is 0 Å². The number of nitrogens with one attached hydrogen (secondary N) is 2. The van der Waals surface area contributed by atoms with Crippen LogP contribution in [0.3, 0.4) is 0 Å². The van der Waals surface area contributed by atoms with Gasteiger partial charge in [0, 0.05) is 6.20 Å². The molecule has 1 fully saturated rings. The molecule has 1 aromatic heterocycles. The van der Waals surface area contributed by atoms with Crippen molar-refractivity contribution in [2.75, 3.05) is 6.61 Å². The molecule has 1 aliphatic heterocycles. The van der Waals surface area contributed by atoms with Crippen molar-refractivity contribution < 1.29 is 20.1 Å². The summed E-state index contributed by atoms with van der Waals surface area (Å²) in [6, 6.07) is 0. The van der Waals surface area contributed by atoms with Crippen LogP contribution < -0.4 is 17.4 Å². The summed E-state index contributed by atoms with van der Waals surface area (Å²) in [5, 5.41) is 28.1. The van der Waals surface area contributed by atoms with E-state index in [-0.39, 0.29) is 11.7 Å². The van der Waals surface area contributed by atoms with Crippen molar-refractivity contribution in [3.05, 3.63) is 32.6 Å². The third kappa shape index (κ3) is 2.35. The van der Waals surface area contributed by atoms with Gasteiger partial charge in [0.25, 0.3) is 5.56 Å². The Hall–Kier alpha value is -1.52. The molecule has 0 saturated carbocycles. The molecular formula is C9H15N3O6. The topological polar surface area (TPSA) is 171 Å². The number of rotatable bonds is 2. The third-order valence-corrected chi connectivity index (χ3v) is 2.70. The van der Waals surface area contributed by atoms with Gasteiger partial charge in [-0.1, -0.05) is 0 Å². The number of aliphatic hydroxyl groups excluding tert-OH is 3. The second-order valence-corrected chi connectivity index (χ2v) is 3.79. The average Bonchev–Trinajstić information content (AvgIpc) is 2.57. The van der Waals surface area contributed by atoms with E-state index in [0.29, 0.717) is 0 Å². The third-order valence-electron chi connectivity index (χ3n) is 2.70. The van der Waals surface area contributed by atoms with E-state index in [2.05, 4.69) is 4.98 Å². The Labute approximate surface area is 101 Å². The lowest BCUT2D eigenvalue weighted by Crippen LogP contribution is -2.34. The highest BCUT2D eigenvalue weighted by atomic mass is 16.6. The minimum absolute atomic E-state index is 0. The normalized spacial score (nSPS) is 31.1. The van der Waals surface area contributed by atoms with Crippen molar-refractivity contribution in [1.29, 1.82) is 0 Å². The zero-order valence-corrected chi connectivity index (χ0v) is 9.37. The molecule has 0 aliphatic carbocycles. The molecule has 9 nitrogen and oxygen atoms in total. The highest BCUT2D eigenvalue weighted by molar-refractivity contribution is 5.13. The first kappa shape index (κ1) is 14.5. The Bertz CT molecular complexity index is 512. The number of aromatic amines is 2. The minimum Gasteiger partial charge on any atom is -0.394 e. The molecule has 2 rings (SSSR count). The molecule has 1 aliphatic rings. The van der Waals surface area contributed by atoms with Crippen molar-refractivity contribution in [3.8, 4) is 0 Å². The molecule has 0 radical (unpaired) electrons. The fourth-order valence-corrected chi connectivity index (χ4v) is 1.79. The predicted molar refractivity (Wildman–Crippen MR) is 59.4 cm³/mol. The fourth-order valence-electron chi connectivity index (χ4n) is 1.79. The quantitative estimate of drug-likeness (QED) is 0.338. The summed E-state index contributed by atoms with van der Waals surface area (Å²) in [6.07, 6.45) is -3.54. The lowest BCUT2D eigenvalue weighted by molar-refractivity contribution is -0.0232. The molecule has 0 amide bonds. The van der Waals surface area contributed by atoms with E-state index in [0.717, 1.165) is 6.20 Å². The second kappa shape index (κ2) is 5.42. The smallest absolute Gasteiger partial charge is 0.325 e. The van der Waals surface area contributed by atoms with Crippen LogP contribution in [0.5, 0.6) is 0 Å². The van der Waals surface area contributed by atoms with Gasteiger partial charge in [-0.25, -0.2) is 4.79 Å². The molecular weight excluding hydrogens is 246 g/mol. The summed E-state index contributed by atoms with van der Waals surface area (Å²) in [4.78, 5) is 26.5. The molecule has 0 bridgehead atoms. The van der Waals surface area contributed by atoms with Crippen molar-refractivity contribution >= 4 is 0 Å². The van der Waals surface area contributed by atoms with Crippen LogP contribution in [0.1, 0.15) is 11.7 Å². The Morgan fingerprint density at radius 2 is 1.94 bits per heavy atom. The second-order valence-electron chi connectivity index (χ2n) is 3.79. The lowest BCUT2D eigenvalue weighted by Gasteiger charge is -2.13. The van der Waals surface area contributed by atoms with E-state index in [1.54, 1.807) is 0 Å². The maximum absolute atomic E-state index is 11.5. The molecule has 18 heavy (non-hydrogen) atoms. The van der Waals surface area contributed by atoms with Crippen LogP contribution in [0.2, 0.25) is 0 Å². The first-order valence-electron chi connectivity index (χ1n) is 4.99. The molecule has 2 heterocycles. The van der Waals surface area contributed by atoms with E-state index in [1.165, 1.54) is 0 Å². The van der Waals surface area contributed by atoms with Crippen molar-refractivity contribution in [1.82, 2.24) is 16.1 Å². The average molecular weight is 261 g/mol. The van der Waals surface area contributed by atoms with E-state index in [4.69, 9.17) is 9.84 Å². The molecule has 4 atom stereocenters. The summed E-state index contributed by atoms with van der Waals surface area (Å²) in [6.45, 7) is -0.476. The molecule has 1 aromatic rings. The maximum Gasteiger partial charge on any atom is 0.325 e. The molecule has 8 N–H and O–H groups in total. The number of aliphatic hydroxyl groups is 3. The number of hydrogen-bond donors (Lipinski definition) is 6. The monoisotopic (exact) mass is 261 g/mol. The van der Waals surface area contributed by atoms with Gasteiger partial charge < -0.3 is 31.2 Å². The van der Waals surface area contributed by atoms with Crippen molar-refractivity contribution in [2.45, 2.75) is 24.4 Å². The molecule has 1 saturated heterocycles. The largest absolute Gasteiger partial charge is 0.394 e. The van der Waals surface area contributed by atoms with Gasteiger partial charge in [-0.05, 0) is 0 Å². The minimum atomic E-state index is -1.33. The van der Waals surface area contributed by atoms with E-state index < -0.39 is 42.3 Å². The highest BCUT2D eigenvalue weighted by Crippen LogP contribution is 2.31. The molecule has 0 aromatic carbocycles. The molecule has 0 unspecified atom stereocenters. The number of hydrogen-bond acceptors (Lipinski definition) is 7. The van der Waals surface area contributed by atoms with E-state index in [1.807, 2.05) is 4.98 Å². The molecule has 102 valence electrons. The maximum atomic E-state index is 11.5. The Morgan fingerprint density at radius 1 is 1.28 bits per heavy atom. The Morgan fingerprint density at radius 3 is 2.44 bits per heavy atom. The SMILES string of the molecule is N.O=c1[nH]cc([C@@H]2O[C@H](CO)[C@@H](O)[C@H]2O)c(=O)[nH]1.